The molecule has 3 aliphatic heterocycles. The minimum atomic E-state index is -5.08. The zero-order valence-electron chi connectivity index (χ0n) is 19.8. The number of nitrogens with zero attached hydrogens (tertiary/aromatic N) is 3. The number of hydrogen-bond donors (Lipinski definition) is 2. The molecule has 3 saturated heterocycles. The number of halogens is 6. The Kier molecular flexibility index (Phi) is 11.5. The molecule has 0 amide bonds. The van der Waals surface area contributed by atoms with Crippen molar-refractivity contribution in [2.45, 2.75) is 43.8 Å². The molecule has 0 saturated carbocycles. The van der Waals surface area contributed by atoms with Gasteiger partial charge >= 0.3 is 24.3 Å². The van der Waals surface area contributed by atoms with Crippen LogP contribution in [0.5, 0.6) is 0 Å². The predicted octanol–water partition coefficient (Wildman–Crippen LogP) is 3.11. The second-order valence-electron chi connectivity index (χ2n) is 8.87. The average molecular weight is 566 g/mol. The second kappa shape index (κ2) is 13.7. The van der Waals surface area contributed by atoms with E-state index in [0.717, 1.165) is 45.9 Å². The van der Waals surface area contributed by atoms with Gasteiger partial charge in [0.25, 0.3) is 0 Å². The zero-order chi connectivity index (χ0) is 27.7. The van der Waals surface area contributed by atoms with E-state index in [0.29, 0.717) is 5.92 Å². The molecule has 3 aliphatic rings. The Labute approximate surface area is 213 Å². The fourth-order valence-electron chi connectivity index (χ4n) is 4.24. The first kappa shape index (κ1) is 31.2. The van der Waals surface area contributed by atoms with Crippen molar-refractivity contribution in [1.82, 2.24) is 14.8 Å². The Balaban J connectivity index is 0.000000286. The molecule has 37 heavy (non-hydrogen) atoms. The van der Waals surface area contributed by atoms with Gasteiger partial charge in [0.15, 0.2) is 0 Å². The lowest BCUT2D eigenvalue weighted by molar-refractivity contribution is -0.193. The summed E-state index contributed by atoms with van der Waals surface area (Å²) >= 11 is 1.74. The topological polar surface area (TPSA) is 112 Å². The third-order valence-corrected chi connectivity index (χ3v) is 6.52. The van der Waals surface area contributed by atoms with Crippen molar-refractivity contribution in [3.8, 4) is 0 Å². The van der Waals surface area contributed by atoms with Gasteiger partial charge in [-0.15, -0.1) is 11.3 Å². The minimum Gasteiger partial charge on any atom is -0.475 e. The third kappa shape index (κ3) is 11.1. The van der Waals surface area contributed by atoms with E-state index < -0.39 is 24.3 Å². The van der Waals surface area contributed by atoms with Gasteiger partial charge in [-0.05, 0) is 38.3 Å². The van der Waals surface area contributed by atoms with Crippen molar-refractivity contribution in [3.05, 3.63) is 16.6 Å². The Morgan fingerprint density at radius 1 is 1.05 bits per heavy atom. The molecule has 0 aromatic carbocycles. The monoisotopic (exact) mass is 565 g/mol. The standard InChI is InChI=1S/C17H27N3O2S.2C2HF3O2/c1-2-5-19(4-1)10-15-9-17(22-12-15)13-20(6-7-21-14-17)11-16-18-3-8-23-16;2*3-2(4,5)1(6)7/h3,8,15H,1-2,4-7,9-14H2;2*(H,6,7). The number of thiazole rings is 1. The van der Waals surface area contributed by atoms with Gasteiger partial charge in [-0.1, -0.05) is 0 Å². The van der Waals surface area contributed by atoms with Gasteiger partial charge in [0.05, 0.1) is 26.4 Å². The predicted molar refractivity (Wildman–Crippen MR) is 118 cm³/mol. The van der Waals surface area contributed by atoms with E-state index >= 15 is 0 Å². The van der Waals surface area contributed by atoms with E-state index in [1.54, 1.807) is 11.3 Å². The number of aromatic nitrogens is 1. The molecule has 1 aromatic heterocycles. The van der Waals surface area contributed by atoms with Gasteiger partial charge in [-0.25, -0.2) is 14.6 Å². The second-order valence-corrected chi connectivity index (χ2v) is 9.85. The molecule has 2 unspecified atom stereocenters. The van der Waals surface area contributed by atoms with Crippen molar-refractivity contribution in [2.75, 3.05) is 52.5 Å². The van der Waals surface area contributed by atoms with E-state index in [9.17, 15) is 26.3 Å². The Morgan fingerprint density at radius 2 is 1.65 bits per heavy atom. The SMILES string of the molecule is O=C(O)C(F)(F)F.O=C(O)C(F)(F)F.c1csc(CN2CCOCC3(CC(CN4CCCC4)CO3)C2)n1. The molecule has 16 heteroatoms. The number of carboxylic acids is 2. The number of aliphatic carboxylic acids is 2. The van der Waals surface area contributed by atoms with Crippen LogP contribution in [0.4, 0.5) is 26.3 Å². The van der Waals surface area contributed by atoms with Gasteiger partial charge in [0.2, 0.25) is 0 Å². The number of likely N-dealkylation sites (tertiary alicyclic amines) is 1. The first-order valence-corrected chi connectivity index (χ1v) is 12.2. The van der Waals surface area contributed by atoms with Crippen molar-refractivity contribution in [3.63, 3.8) is 0 Å². The summed E-state index contributed by atoms with van der Waals surface area (Å²) in [6.45, 7) is 9.06. The summed E-state index contributed by atoms with van der Waals surface area (Å²) in [7, 11) is 0. The van der Waals surface area contributed by atoms with Crippen LogP contribution in [0.3, 0.4) is 0 Å². The summed E-state index contributed by atoms with van der Waals surface area (Å²) in [6.07, 6.45) is -4.41. The van der Waals surface area contributed by atoms with Gasteiger partial charge in [-0.2, -0.15) is 26.3 Å². The van der Waals surface area contributed by atoms with Crippen LogP contribution < -0.4 is 0 Å². The van der Waals surface area contributed by atoms with E-state index in [1.165, 1.54) is 37.5 Å². The lowest BCUT2D eigenvalue weighted by atomic mass is 9.94. The molecule has 212 valence electrons. The maximum absolute atomic E-state index is 10.6. The molecule has 1 aromatic rings. The summed E-state index contributed by atoms with van der Waals surface area (Å²) < 4.78 is 75.7. The molecule has 4 heterocycles. The molecule has 2 N–H and O–H groups in total. The molecular formula is C21H29F6N3O6S. The highest BCUT2D eigenvalue weighted by Crippen LogP contribution is 2.34. The highest BCUT2D eigenvalue weighted by molar-refractivity contribution is 7.09. The summed E-state index contributed by atoms with van der Waals surface area (Å²) in [5.41, 5.74) is -0.0991. The van der Waals surface area contributed by atoms with E-state index in [4.69, 9.17) is 29.3 Å². The molecular weight excluding hydrogens is 536 g/mol. The van der Waals surface area contributed by atoms with Crippen LogP contribution in [0.25, 0.3) is 0 Å². The molecule has 1 spiro atoms. The Hall–Kier alpha value is -2.01. The highest BCUT2D eigenvalue weighted by atomic mass is 32.1. The molecule has 4 rings (SSSR count). The molecule has 9 nitrogen and oxygen atoms in total. The van der Waals surface area contributed by atoms with Gasteiger partial charge in [0, 0.05) is 31.2 Å². The van der Waals surface area contributed by atoms with Crippen LogP contribution in [0, 0.1) is 5.92 Å². The number of carboxylic acid groups (broad SMARTS) is 2. The Bertz CT molecular complexity index is 827. The summed E-state index contributed by atoms with van der Waals surface area (Å²) in [5, 5.41) is 17.5. The van der Waals surface area contributed by atoms with Crippen molar-refractivity contribution < 1.29 is 55.6 Å². The summed E-state index contributed by atoms with van der Waals surface area (Å²) in [5.74, 6) is -4.85. The lowest BCUT2D eigenvalue weighted by Gasteiger charge is -2.31. The minimum absolute atomic E-state index is 0.0991. The maximum atomic E-state index is 10.6. The van der Waals surface area contributed by atoms with Crippen molar-refractivity contribution in [1.29, 1.82) is 0 Å². The number of ether oxygens (including phenoxy) is 2. The van der Waals surface area contributed by atoms with Crippen LogP contribution in [-0.4, -0.2) is 107 Å². The maximum Gasteiger partial charge on any atom is 0.490 e. The summed E-state index contributed by atoms with van der Waals surface area (Å²) in [4.78, 5) is 27.3. The number of hydrogen-bond acceptors (Lipinski definition) is 8. The largest absolute Gasteiger partial charge is 0.490 e. The summed E-state index contributed by atoms with van der Waals surface area (Å²) in [6, 6.07) is 0. The van der Waals surface area contributed by atoms with Crippen molar-refractivity contribution in [2.24, 2.45) is 5.92 Å². The molecule has 2 atom stereocenters. The molecule has 3 fully saturated rings. The fourth-order valence-corrected chi connectivity index (χ4v) is 4.90. The first-order valence-electron chi connectivity index (χ1n) is 11.4. The van der Waals surface area contributed by atoms with Gasteiger partial charge in [0.1, 0.15) is 10.6 Å². The molecule has 0 radical (unpaired) electrons. The van der Waals surface area contributed by atoms with Crippen LogP contribution in [0.1, 0.15) is 24.3 Å². The average Bonchev–Trinajstić information content (AvgIpc) is 3.52. The van der Waals surface area contributed by atoms with Crippen LogP contribution >= 0.6 is 11.3 Å². The van der Waals surface area contributed by atoms with Gasteiger partial charge < -0.3 is 24.6 Å². The zero-order valence-corrected chi connectivity index (χ0v) is 20.6. The molecule has 0 aliphatic carbocycles. The van der Waals surface area contributed by atoms with Crippen LogP contribution in [-0.2, 0) is 25.6 Å². The third-order valence-electron chi connectivity index (χ3n) is 5.76. The number of alkyl halides is 6. The van der Waals surface area contributed by atoms with E-state index in [1.807, 2.05) is 6.20 Å². The van der Waals surface area contributed by atoms with E-state index in [2.05, 4.69) is 20.2 Å². The van der Waals surface area contributed by atoms with Gasteiger partial charge in [-0.3, -0.25) is 4.90 Å². The lowest BCUT2D eigenvalue weighted by Crippen LogP contribution is -2.44. The van der Waals surface area contributed by atoms with Crippen LogP contribution in [0.2, 0.25) is 0 Å². The number of carbonyl (C=O) groups is 2. The normalized spacial score (nSPS) is 25.1. The highest BCUT2D eigenvalue weighted by Gasteiger charge is 2.44. The smallest absolute Gasteiger partial charge is 0.475 e. The van der Waals surface area contributed by atoms with Crippen molar-refractivity contribution >= 4 is 23.3 Å². The van der Waals surface area contributed by atoms with Crippen LogP contribution in [0.15, 0.2) is 11.6 Å². The fraction of sp³-hybridized carbons (Fsp3) is 0.762. The Morgan fingerprint density at radius 3 is 2.16 bits per heavy atom. The first-order chi connectivity index (χ1) is 17.2. The van der Waals surface area contributed by atoms with E-state index in [-0.39, 0.29) is 5.60 Å². The number of rotatable bonds is 4. The molecule has 0 bridgehead atoms. The quantitative estimate of drug-likeness (QED) is 0.532.